The Morgan fingerprint density at radius 1 is 1.47 bits per heavy atom. The minimum Gasteiger partial charge on any atom is -0.497 e. The molecule has 102 valence electrons. The lowest BCUT2D eigenvalue weighted by Crippen LogP contribution is -2.08. The van der Waals surface area contributed by atoms with Crippen LogP contribution in [0, 0.1) is 0 Å². The molecule has 4 N–H and O–H groups in total. The van der Waals surface area contributed by atoms with Crippen molar-refractivity contribution in [1.29, 1.82) is 0 Å². The number of aromatic amines is 1. The van der Waals surface area contributed by atoms with E-state index in [4.69, 9.17) is 10.5 Å². The minimum atomic E-state index is -0.142. The van der Waals surface area contributed by atoms with Crippen molar-refractivity contribution < 1.29 is 4.74 Å². The van der Waals surface area contributed by atoms with Gasteiger partial charge in [-0.05, 0) is 19.1 Å². The van der Waals surface area contributed by atoms with Crippen molar-refractivity contribution in [3.8, 4) is 5.75 Å². The highest BCUT2D eigenvalue weighted by molar-refractivity contribution is 5.48. The third kappa shape index (κ3) is 3.69. The molecular formula is C13H19N5O. The lowest BCUT2D eigenvalue weighted by Gasteiger charge is -2.06. The highest BCUT2D eigenvalue weighted by Gasteiger charge is 2.06. The van der Waals surface area contributed by atoms with Gasteiger partial charge in [-0.15, -0.1) is 0 Å². The van der Waals surface area contributed by atoms with Gasteiger partial charge in [-0.2, -0.15) is 5.10 Å². The number of aromatic nitrogens is 3. The number of methoxy groups -OCH3 is 1. The Hall–Kier alpha value is -2.08. The van der Waals surface area contributed by atoms with Crippen molar-refractivity contribution in [2.45, 2.75) is 19.4 Å². The van der Waals surface area contributed by atoms with Crippen molar-refractivity contribution in [2.75, 3.05) is 19.0 Å². The molecule has 0 aliphatic rings. The lowest BCUT2D eigenvalue weighted by atomic mass is 10.3. The molecule has 0 aliphatic carbocycles. The van der Waals surface area contributed by atoms with Gasteiger partial charge >= 0.3 is 0 Å². The fraction of sp³-hybridized carbons (Fsp3) is 0.385. The van der Waals surface area contributed by atoms with Crippen LogP contribution in [0.3, 0.4) is 0 Å². The molecule has 0 spiro atoms. The molecule has 0 saturated heterocycles. The summed E-state index contributed by atoms with van der Waals surface area (Å²) in [5.41, 5.74) is 6.72. The minimum absolute atomic E-state index is 0.142. The van der Waals surface area contributed by atoms with E-state index in [1.54, 1.807) is 7.11 Å². The number of nitrogens with zero attached hydrogens (tertiary/aromatic N) is 2. The van der Waals surface area contributed by atoms with Gasteiger partial charge < -0.3 is 15.8 Å². The van der Waals surface area contributed by atoms with Crippen LogP contribution in [0.2, 0.25) is 0 Å². The molecular weight excluding hydrogens is 242 g/mol. The van der Waals surface area contributed by atoms with Crippen LogP contribution < -0.4 is 15.8 Å². The van der Waals surface area contributed by atoms with E-state index in [2.05, 4.69) is 20.5 Å². The van der Waals surface area contributed by atoms with Gasteiger partial charge in [0.1, 0.15) is 11.6 Å². The largest absolute Gasteiger partial charge is 0.497 e. The zero-order chi connectivity index (χ0) is 13.7. The fourth-order valence-electron chi connectivity index (χ4n) is 1.68. The summed E-state index contributed by atoms with van der Waals surface area (Å²) in [6.45, 7) is 2.63. The van der Waals surface area contributed by atoms with Crippen LogP contribution >= 0.6 is 0 Å². The molecule has 6 heteroatoms. The Balaban J connectivity index is 1.85. The summed E-state index contributed by atoms with van der Waals surface area (Å²) in [5.74, 6) is 2.32. The molecule has 1 atom stereocenters. The van der Waals surface area contributed by atoms with Crippen LogP contribution in [0.25, 0.3) is 0 Å². The summed E-state index contributed by atoms with van der Waals surface area (Å²) in [5, 5.41) is 10.3. The van der Waals surface area contributed by atoms with Gasteiger partial charge in [0.05, 0.1) is 13.2 Å². The van der Waals surface area contributed by atoms with Gasteiger partial charge in [0.2, 0.25) is 0 Å². The first-order chi connectivity index (χ1) is 9.19. The van der Waals surface area contributed by atoms with E-state index >= 15 is 0 Å². The predicted octanol–water partition coefficient (Wildman–Crippen LogP) is 1.49. The second-order valence-corrected chi connectivity index (χ2v) is 4.34. The number of rotatable bonds is 6. The molecule has 0 aliphatic heterocycles. The normalized spacial score (nSPS) is 12.2. The van der Waals surface area contributed by atoms with E-state index in [9.17, 15) is 0 Å². The maximum absolute atomic E-state index is 5.70. The molecule has 0 radical (unpaired) electrons. The van der Waals surface area contributed by atoms with Gasteiger partial charge in [0.25, 0.3) is 0 Å². The van der Waals surface area contributed by atoms with Crippen molar-refractivity contribution >= 4 is 5.69 Å². The summed E-state index contributed by atoms with van der Waals surface area (Å²) in [6.07, 6.45) is 0.761. The molecule has 0 unspecified atom stereocenters. The average Bonchev–Trinajstić information content (AvgIpc) is 2.88. The van der Waals surface area contributed by atoms with Crippen LogP contribution in [-0.2, 0) is 6.42 Å². The zero-order valence-corrected chi connectivity index (χ0v) is 11.2. The quantitative estimate of drug-likeness (QED) is 0.733. The predicted molar refractivity (Wildman–Crippen MR) is 74.2 cm³/mol. The van der Waals surface area contributed by atoms with Crippen LogP contribution in [0.1, 0.15) is 24.6 Å². The molecule has 1 aromatic carbocycles. The topological polar surface area (TPSA) is 88.8 Å². The fourth-order valence-corrected chi connectivity index (χ4v) is 1.68. The van der Waals surface area contributed by atoms with E-state index in [-0.39, 0.29) is 6.04 Å². The van der Waals surface area contributed by atoms with Crippen LogP contribution in [-0.4, -0.2) is 28.8 Å². The van der Waals surface area contributed by atoms with Crippen LogP contribution in [0.4, 0.5) is 5.69 Å². The first-order valence-electron chi connectivity index (χ1n) is 6.23. The second kappa shape index (κ2) is 6.19. The van der Waals surface area contributed by atoms with Crippen molar-refractivity contribution in [1.82, 2.24) is 15.2 Å². The van der Waals surface area contributed by atoms with E-state index in [1.807, 2.05) is 31.2 Å². The van der Waals surface area contributed by atoms with E-state index in [0.717, 1.165) is 30.2 Å². The number of ether oxygens (including phenoxy) is 1. The number of nitrogens with one attached hydrogen (secondary N) is 2. The molecule has 0 fully saturated rings. The van der Waals surface area contributed by atoms with E-state index in [0.29, 0.717) is 5.82 Å². The molecule has 19 heavy (non-hydrogen) atoms. The van der Waals surface area contributed by atoms with Gasteiger partial charge in [0.15, 0.2) is 5.82 Å². The standard InChI is InChI=1S/C13H19N5O/c1-9(14)13-16-12(17-18-13)6-7-15-10-4-3-5-11(8-10)19-2/h3-5,8-9,15H,6-7,14H2,1-2H3,(H,16,17,18)/t9-/m0/s1. The zero-order valence-electron chi connectivity index (χ0n) is 11.2. The van der Waals surface area contributed by atoms with Gasteiger partial charge in [-0.25, -0.2) is 4.98 Å². The number of nitrogens with two attached hydrogens (primary N) is 1. The smallest absolute Gasteiger partial charge is 0.167 e. The average molecular weight is 261 g/mol. The lowest BCUT2D eigenvalue weighted by molar-refractivity contribution is 0.415. The van der Waals surface area contributed by atoms with Crippen molar-refractivity contribution in [3.05, 3.63) is 35.9 Å². The highest BCUT2D eigenvalue weighted by Crippen LogP contribution is 2.16. The summed E-state index contributed by atoms with van der Waals surface area (Å²) in [7, 11) is 1.66. The number of hydrogen-bond donors (Lipinski definition) is 3. The number of benzene rings is 1. The van der Waals surface area contributed by atoms with Gasteiger partial charge in [-0.3, -0.25) is 5.10 Å². The first kappa shape index (κ1) is 13.4. The number of hydrogen-bond acceptors (Lipinski definition) is 5. The Labute approximate surface area is 112 Å². The molecule has 0 amide bonds. The van der Waals surface area contributed by atoms with E-state index < -0.39 is 0 Å². The summed E-state index contributed by atoms with van der Waals surface area (Å²) in [4.78, 5) is 4.32. The molecule has 2 rings (SSSR count). The molecule has 1 aromatic heterocycles. The maximum Gasteiger partial charge on any atom is 0.167 e. The molecule has 1 heterocycles. The van der Waals surface area contributed by atoms with Gasteiger partial charge in [-0.1, -0.05) is 6.07 Å². The molecule has 2 aromatic rings. The maximum atomic E-state index is 5.70. The molecule has 0 saturated carbocycles. The SMILES string of the molecule is COc1cccc(NCCc2nc([C@H](C)N)n[nH]2)c1. The molecule has 6 nitrogen and oxygen atoms in total. The van der Waals surface area contributed by atoms with E-state index in [1.165, 1.54) is 0 Å². The van der Waals surface area contributed by atoms with Crippen molar-refractivity contribution in [2.24, 2.45) is 5.73 Å². The second-order valence-electron chi connectivity index (χ2n) is 4.34. The summed E-state index contributed by atoms with van der Waals surface area (Å²) < 4.78 is 5.17. The van der Waals surface area contributed by atoms with Crippen LogP contribution in [0.15, 0.2) is 24.3 Å². The number of H-pyrrole nitrogens is 1. The Bertz CT molecular complexity index is 523. The Morgan fingerprint density at radius 2 is 2.32 bits per heavy atom. The molecule has 0 bridgehead atoms. The Kier molecular flexibility index (Phi) is 4.35. The highest BCUT2D eigenvalue weighted by atomic mass is 16.5. The summed E-state index contributed by atoms with van der Waals surface area (Å²) >= 11 is 0. The monoisotopic (exact) mass is 261 g/mol. The summed E-state index contributed by atoms with van der Waals surface area (Å²) in [6, 6.07) is 7.67. The first-order valence-corrected chi connectivity index (χ1v) is 6.23. The third-order valence-corrected chi connectivity index (χ3v) is 2.72. The van der Waals surface area contributed by atoms with Crippen molar-refractivity contribution in [3.63, 3.8) is 0 Å². The van der Waals surface area contributed by atoms with Gasteiger partial charge in [0, 0.05) is 24.7 Å². The van der Waals surface area contributed by atoms with Crippen LogP contribution in [0.5, 0.6) is 5.75 Å². The third-order valence-electron chi connectivity index (χ3n) is 2.72. The Morgan fingerprint density at radius 3 is 3.00 bits per heavy atom. The number of anilines is 1.